The summed E-state index contributed by atoms with van der Waals surface area (Å²) in [5.41, 5.74) is 0. The molecule has 106 valence electrons. The molecule has 0 aliphatic carbocycles. The summed E-state index contributed by atoms with van der Waals surface area (Å²) in [4.78, 5) is 22.9. The molecule has 6 heteroatoms. The molecule has 0 unspecified atom stereocenters. The zero-order valence-corrected chi connectivity index (χ0v) is 12.3. The van der Waals surface area contributed by atoms with E-state index in [0.717, 1.165) is 10.1 Å². The average Bonchev–Trinajstić information content (AvgIpc) is 2.76. The van der Waals surface area contributed by atoms with Gasteiger partial charge in [-0.05, 0) is 18.9 Å². The number of carbonyl (C=O) groups excluding carboxylic acids is 1. The third-order valence-electron chi connectivity index (χ3n) is 2.84. The van der Waals surface area contributed by atoms with E-state index in [4.69, 9.17) is 16.7 Å². The summed E-state index contributed by atoms with van der Waals surface area (Å²) in [7, 11) is 0. The molecule has 0 atom stereocenters. The van der Waals surface area contributed by atoms with Crippen molar-refractivity contribution in [3.8, 4) is 0 Å². The SMILES string of the molecule is O=C(O)CCCCNC(=O)c1sc2ccccc2c1Cl. The number of rotatable bonds is 6. The van der Waals surface area contributed by atoms with Gasteiger partial charge in [0, 0.05) is 23.1 Å². The Bertz CT molecular complexity index is 638. The molecule has 20 heavy (non-hydrogen) atoms. The standard InChI is InChI=1S/C14H14ClNO3S/c15-12-9-5-1-2-6-10(9)20-13(12)14(19)16-8-4-3-7-11(17)18/h1-2,5-6H,3-4,7-8H2,(H,16,19)(H,17,18). The third-order valence-corrected chi connectivity index (χ3v) is 4.52. The Morgan fingerprint density at radius 1 is 1.25 bits per heavy atom. The predicted molar refractivity (Wildman–Crippen MR) is 80.7 cm³/mol. The van der Waals surface area contributed by atoms with E-state index >= 15 is 0 Å². The Kier molecular flexibility index (Phi) is 4.98. The molecule has 0 saturated carbocycles. The highest BCUT2D eigenvalue weighted by Crippen LogP contribution is 2.34. The normalized spacial score (nSPS) is 10.7. The van der Waals surface area contributed by atoms with Crippen LogP contribution in [0.3, 0.4) is 0 Å². The maximum Gasteiger partial charge on any atom is 0.303 e. The second kappa shape index (κ2) is 6.72. The molecule has 4 nitrogen and oxygen atoms in total. The molecule has 0 aliphatic rings. The molecule has 0 aliphatic heterocycles. The molecule has 2 N–H and O–H groups in total. The van der Waals surface area contributed by atoms with Gasteiger partial charge in [0.15, 0.2) is 0 Å². The van der Waals surface area contributed by atoms with Crippen molar-refractivity contribution in [3.05, 3.63) is 34.2 Å². The predicted octanol–water partition coefficient (Wildman–Crippen LogP) is 3.54. The molecule has 0 bridgehead atoms. The highest BCUT2D eigenvalue weighted by Gasteiger charge is 2.16. The van der Waals surface area contributed by atoms with E-state index in [2.05, 4.69) is 5.32 Å². The van der Waals surface area contributed by atoms with Gasteiger partial charge in [0.2, 0.25) is 0 Å². The fourth-order valence-corrected chi connectivity index (χ4v) is 3.28. The largest absolute Gasteiger partial charge is 0.481 e. The minimum absolute atomic E-state index is 0.125. The second-order valence-corrected chi connectivity index (χ2v) is 5.78. The summed E-state index contributed by atoms with van der Waals surface area (Å²) in [5.74, 6) is -1.02. The van der Waals surface area contributed by atoms with Gasteiger partial charge < -0.3 is 10.4 Å². The van der Waals surface area contributed by atoms with E-state index in [1.165, 1.54) is 11.3 Å². The van der Waals surface area contributed by atoms with Crippen molar-refractivity contribution in [1.82, 2.24) is 5.32 Å². The third kappa shape index (κ3) is 3.49. The molecule has 2 aromatic rings. The number of amides is 1. The van der Waals surface area contributed by atoms with Crippen molar-refractivity contribution >= 4 is 44.9 Å². The Hall–Kier alpha value is -1.59. The molecule has 1 aromatic carbocycles. The van der Waals surface area contributed by atoms with Gasteiger partial charge in [-0.2, -0.15) is 0 Å². The van der Waals surface area contributed by atoms with Crippen LogP contribution in [-0.2, 0) is 4.79 Å². The van der Waals surface area contributed by atoms with Crippen LogP contribution in [0.5, 0.6) is 0 Å². The van der Waals surface area contributed by atoms with Gasteiger partial charge in [0.1, 0.15) is 4.88 Å². The number of fused-ring (bicyclic) bond motifs is 1. The first-order valence-electron chi connectivity index (χ1n) is 6.26. The van der Waals surface area contributed by atoms with E-state index in [-0.39, 0.29) is 12.3 Å². The molecule has 1 amide bonds. The maximum absolute atomic E-state index is 12.0. The van der Waals surface area contributed by atoms with Crippen LogP contribution in [-0.4, -0.2) is 23.5 Å². The van der Waals surface area contributed by atoms with Crippen molar-refractivity contribution in [1.29, 1.82) is 0 Å². The number of hydrogen-bond donors (Lipinski definition) is 2. The quantitative estimate of drug-likeness (QED) is 0.802. The lowest BCUT2D eigenvalue weighted by molar-refractivity contribution is -0.137. The van der Waals surface area contributed by atoms with Crippen molar-refractivity contribution in [2.45, 2.75) is 19.3 Å². The first-order valence-corrected chi connectivity index (χ1v) is 7.46. The number of aliphatic carboxylic acids is 1. The fraction of sp³-hybridized carbons (Fsp3) is 0.286. The van der Waals surface area contributed by atoms with Crippen LogP contribution < -0.4 is 5.32 Å². The van der Waals surface area contributed by atoms with Crippen LogP contribution in [0, 0.1) is 0 Å². The molecule has 0 spiro atoms. The Labute approximate surface area is 125 Å². The van der Waals surface area contributed by atoms with Crippen molar-refractivity contribution in [2.75, 3.05) is 6.54 Å². The van der Waals surface area contributed by atoms with Crippen molar-refractivity contribution in [2.24, 2.45) is 0 Å². The number of carboxylic acid groups (broad SMARTS) is 1. The number of benzene rings is 1. The number of halogens is 1. The first-order chi connectivity index (χ1) is 9.59. The lowest BCUT2D eigenvalue weighted by Gasteiger charge is -2.03. The number of carbonyl (C=O) groups is 2. The van der Waals surface area contributed by atoms with Gasteiger partial charge in [0.05, 0.1) is 5.02 Å². The maximum atomic E-state index is 12.0. The number of carboxylic acids is 1. The summed E-state index contributed by atoms with van der Waals surface area (Å²) in [6.07, 6.45) is 1.32. The van der Waals surface area contributed by atoms with Gasteiger partial charge in [-0.1, -0.05) is 29.8 Å². The smallest absolute Gasteiger partial charge is 0.303 e. The van der Waals surface area contributed by atoms with E-state index in [9.17, 15) is 9.59 Å². The minimum Gasteiger partial charge on any atom is -0.481 e. The molecule has 1 aromatic heterocycles. The Morgan fingerprint density at radius 2 is 2.00 bits per heavy atom. The molecular formula is C14H14ClNO3S. The molecule has 0 saturated heterocycles. The van der Waals surface area contributed by atoms with Crippen LogP contribution >= 0.6 is 22.9 Å². The number of nitrogens with one attached hydrogen (secondary N) is 1. The lowest BCUT2D eigenvalue weighted by Crippen LogP contribution is -2.23. The highest BCUT2D eigenvalue weighted by atomic mass is 35.5. The number of hydrogen-bond acceptors (Lipinski definition) is 3. The summed E-state index contributed by atoms with van der Waals surface area (Å²) >= 11 is 7.57. The van der Waals surface area contributed by atoms with Crippen molar-refractivity contribution in [3.63, 3.8) is 0 Å². The van der Waals surface area contributed by atoms with Crippen LogP contribution in [0.25, 0.3) is 10.1 Å². The Balaban J connectivity index is 1.94. The van der Waals surface area contributed by atoms with E-state index in [1.807, 2.05) is 24.3 Å². The van der Waals surface area contributed by atoms with Crippen LogP contribution in [0.1, 0.15) is 28.9 Å². The van der Waals surface area contributed by atoms with Crippen LogP contribution in [0.15, 0.2) is 24.3 Å². The summed E-state index contributed by atoms with van der Waals surface area (Å²) in [6, 6.07) is 7.60. The zero-order chi connectivity index (χ0) is 14.5. The van der Waals surface area contributed by atoms with Gasteiger partial charge in [0.25, 0.3) is 5.91 Å². The average molecular weight is 312 g/mol. The monoisotopic (exact) mass is 311 g/mol. The van der Waals surface area contributed by atoms with Crippen LogP contribution in [0.4, 0.5) is 0 Å². The van der Waals surface area contributed by atoms with Gasteiger partial charge in [-0.25, -0.2) is 0 Å². The Morgan fingerprint density at radius 3 is 2.70 bits per heavy atom. The van der Waals surface area contributed by atoms with Crippen LogP contribution in [0.2, 0.25) is 5.02 Å². The van der Waals surface area contributed by atoms with Crippen molar-refractivity contribution < 1.29 is 14.7 Å². The molecule has 0 fully saturated rings. The lowest BCUT2D eigenvalue weighted by atomic mass is 10.2. The number of thiophene rings is 1. The highest BCUT2D eigenvalue weighted by molar-refractivity contribution is 7.21. The van der Waals surface area contributed by atoms with E-state index in [0.29, 0.717) is 29.3 Å². The topological polar surface area (TPSA) is 66.4 Å². The summed E-state index contributed by atoms with van der Waals surface area (Å²) in [5, 5.41) is 12.6. The van der Waals surface area contributed by atoms with Gasteiger partial charge >= 0.3 is 5.97 Å². The molecule has 2 rings (SSSR count). The molecule has 0 radical (unpaired) electrons. The number of unbranched alkanes of at least 4 members (excludes halogenated alkanes) is 1. The first kappa shape index (κ1) is 14.8. The van der Waals surface area contributed by atoms with E-state index < -0.39 is 5.97 Å². The van der Waals surface area contributed by atoms with E-state index in [1.54, 1.807) is 0 Å². The minimum atomic E-state index is -0.816. The second-order valence-electron chi connectivity index (χ2n) is 4.35. The van der Waals surface area contributed by atoms with Gasteiger partial charge in [-0.3, -0.25) is 9.59 Å². The fourth-order valence-electron chi connectivity index (χ4n) is 1.84. The van der Waals surface area contributed by atoms with Gasteiger partial charge in [-0.15, -0.1) is 11.3 Å². The zero-order valence-electron chi connectivity index (χ0n) is 10.7. The summed E-state index contributed by atoms with van der Waals surface area (Å²) in [6.45, 7) is 0.455. The molecular weight excluding hydrogens is 298 g/mol. The summed E-state index contributed by atoms with van der Waals surface area (Å²) < 4.78 is 0.980. The molecule has 1 heterocycles.